The number of nitrogens with zero attached hydrogens (tertiary/aromatic N) is 2. The number of aryl methyl sites for hydroxylation is 2. The third-order valence-corrected chi connectivity index (χ3v) is 17.1. The van der Waals surface area contributed by atoms with Gasteiger partial charge < -0.3 is 18.6 Å². The van der Waals surface area contributed by atoms with E-state index in [0.717, 1.165) is 66.6 Å². The molecule has 14 rings (SSSR count). The summed E-state index contributed by atoms with van der Waals surface area (Å²) in [5.41, 5.74) is 17.8. The third kappa shape index (κ3) is 7.18. The van der Waals surface area contributed by atoms with Crippen molar-refractivity contribution >= 4 is 132 Å². The van der Waals surface area contributed by atoms with Crippen LogP contribution in [-0.2, 0) is 0 Å². The predicted octanol–water partition coefficient (Wildman–Crippen LogP) is 22.7. The first-order valence-electron chi connectivity index (χ1n) is 28.1. The second kappa shape index (κ2) is 18.0. The maximum atomic E-state index is 7.05. The van der Waals surface area contributed by atoms with Gasteiger partial charge in [-0.15, -0.1) is 0 Å². The molecule has 0 aliphatic heterocycles. The number of benzene rings is 12. The van der Waals surface area contributed by atoms with Crippen molar-refractivity contribution in [2.24, 2.45) is 0 Å². The fourth-order valence-corrected chi connectivity index (χ4v) is 13.1. The first kappa shape index (κ1) is 47.8. The van der Waals surface area contributed by atoms with Gasteiger partial charge in [-0.1, -0.05) is 189 Å². The van der Waals surface area contributed by atoms with Crippen molar-refractivity contribution in [1.29, 1.82) is 0 Å². The molecule has 0 saturated heterocycles. The molecule has 382 valence electrons. The van der Waals surface area contributed by atoms with Gasteiger partial charge in [-0.25, -0.2) is 0 Å². The van der Waals surface area contributed by atoms with Crippen molar-refractivity contribution in [2.45, 2.75) is 92.9 Å². The van der Waals surface area contributed by atoms with Gasteiger partial charge in [0.15, 0.2) is 11.2 Å². The molecule has 0 aliphatic carbocycles. The summed E-state index contributed by atoms with van der Waals surface area (Å²) < 4.78 is 14.1. The van der Waals surface area contributed by atoms with E-state index in [1.165, 1.54) is 98.6 Å². The van der Waals surface area contributed by atoms with E-state index >= 15 is 0 Å². The van der Waals surface area contributed by atoms with Crippen LogP contribution in [0.25, 0.3) is 97.7 Å². The first-order chi connectivity index (χ1) is 37.8. The van der Waals surface area contributed by atoms with Crippen molar-refractivity contribution in [3.63, 3.8) is 0 Å². The van der Waals surface area contributed by atoms with Crippen LogP contribution in [0.4, 0.5) is 34.1 Å². The zero-order valence-electron chi connectivity index (χ0n) is 46.3. The zero-order chi connectivity index (χ0) is 53.4. The maximum Gasteiger partial charge on any atom is 0.159 e. The Kier molecular flexibility index (Phi) is 11.0. The van der Waals surface area contributed by atoms with Crippen LogP contribution in [0, 0.1) is 13.8 Å². The number of hydrogen-bond donors (Lipinski definition) is 0. The van der Waals surface area contributed by atoms with E-state index in [1.54, 1.807) is 0 Å². The highest BCUT2D eigenvalue weighted by atomic mass is 16.3. The highest BCUT2D eigenvalue weighted by Gasteiger charge is 2.31. The standard InChI is InChI=1S/C74H64N2O2/c1-41(2)49-27-25-47-29-31-51(43(5)6)71(61(47)39-49)75(63-21-15-19-57-55-17-11-13-23-67(55)77-73(57)63)65-37-45(9)53-34-36-60-66(38-46(10)54-33-35-59(65)69(53)70(54)60)76(64-22-16-20-58-56-18-12-14-24-68(56)78-74(58)64)72-52(44(7)8)32-30-48-26-28-50(42(3)4)40-62(48)72/h11-44H,1-10H3. The van der Waals surface area contributed by atoms with Crippen molar-refractivity contribution < 1.29 is 8.83 Å². The van der Waals surface area contributed by atoms with Crippen LogP contribution >= 0.6 is 0 Å². The topological polar surface area (TPSA) is 32.8 Å². The summed E-state index contributed by atoms with van der Waals surface area (Å²) in [5, 5.41) is 16.7. The van der Waals surface area contributed by atoms with Gasteiger partial charge in [0.1, 0.15) is 11.2 Å². The molecule has 4 nitrogen and oxygen atoms in total. The molecule has 0 fully saturated rings. The summed E-state index contributed by atoms with van der Waals surface area (Å²) in [4.78, 5) is 5.15. The molecule has 2 aromatic heterocycles. The Labute approximate surface area is 456 Å². The predicted molar refractivity (Wildman–Crippen MR) is 335 cm³/mol. The quantitative estimate of drug-likeness (QED) is 0.128. The summed E-state index contributed by atoms with van der Waals surface area (Å²) >= 11 is 0. The molecular weight excluding hydrogens is 949 g/mol. The molecular formula is C74H64N2O2. The molecule has 4 heteroatoms. The monoisotopic (exact) mass is 1010 g/mol. The molecule has 12 aromatic carbocycles. The largest absolute Gasteiger partial charge is 0.454 e. The normalized spacial score (nSPS) is 12.4. The summed E-state index contributed by atoms with van der Waals surface area (Å²) in [6, 6.07) is 68.3. The van der Waals surface area contributed by atoms with Crippen LogP contribution < -0.4 is 9.80 Å². The summed E-state index contributed by atoms with van der Waals surface area (Å²) in [6.45, 7) is 23.1. The highest BCUT2D eigenvalue weighted by Crippen LogP contribution is 2.55. The Balaban J connectivity index is 1.13. The van der Waals surface area contributed by atoms with Crippen LogP contribution in [0.2, 0.25) is 0 Å². The molecule has 0 saturated carbocycles. The average molecular weight is 1010 g/mol. The van der Waals surface area contributed by atoms with E-state index in [-0.39, 0.29) is 11.8 Å². The molecule has 78 heavy (non-hydrogen) atoms. The van der Waals surface area contributed by atoms with Crippen LogP contribution in [0.5, 0.6) is 0 Å². The van der Waals surface area contributed by atoms with E-state index in [2.05, 4.69) is 261 Å². The summed E-state index contributed by atoms with van der Waals surface area (Å²) in [6.07, 6.45) is 0. The van der Waals surface area contributed by atoms with Gasteiger partial charge in [-0.2, -0.15) is 0 Å². The molecule has 0 aliphatic rings. The molecule has 0 unspecified atom stereocenters. The van der Waals surface area contributed by atoms with Crippen LogP contribution in [-0.4, -0.2) is 0 Å². The number of hydrogen-bond acceptors (Lipinski definition) is 4. The highest BCUT2D eigenvalue weighted by molar-refractivity contribution is 6.30. The third-order valence-electron chi connectivity index (χ3n) is 17.1. The summed E-state index contributed by atoms with van der Waals surface area (Å²) in [5.74, 6) is 1.15. The van der Waals surface area contributed by atoms with Gasteiger partial charge >= 0.3 is 0 Å². The lowest BCUT2D eigenvalue weighted by Crippen LogP contribution is -2.15. The molecule has 0 bridgehead atoms. The molecule has 2 heterocycles. The van der Waals surface area contributed by atoms with E-state index in [1.807, 2.05) is 0 Å². The Bertz CT molecular complexity index is 4430. The Morgan fingerprint density at radius 2 is 0.692 bits per heavy atom. The van der Waals surface area contributed by atoms with Crippen molar-refractivity contribution in [3.05, 3.63) is 215 Å². The van der Waals surface area contributed by atoms with Gasteiger partial charge in [-0.3, -0.25) is 0 Å². The number of furan rings is 2. The Morgan fingerprint density at radius 3 is 1.10 bits per heavy atom. The smallest absolute Gasteiger partial charge is 0.159 e. The van der Waals surface area contributed by atoms with Gasteiger partial charge in [-0.05, 0) is 152 Å². The van der Waals surface area contributed by atoms with Gasteiger partial charge in [0, 0.05) is 43.1 Å². The number of fused-ring (bicyclic) bond motifs is 8. The minimum atomic E-state index is 0.221. The van der Waals surface area contributed by atoms with Crippen LogP contribution in [0.15, 0.2) is 191 Å². The van der Waals surface area contributed by atoms with E-state index < -0.39 is 0 Å². The van der Waals surface area contributed by atoms with Gasteiger partial charge in [0.05, 0.1) is 34.1 Å². The van der Waals surface area contributed by atoms with Crippen molar-refractivity contribution in [2.75, 3.05) is 9.80 Å². The molecule has 0 spiro atoms. The molecule has 0 amide bonds. The molecule has 0 N–H and O–H groups in total. The zero-order valence-corrected chi connectivity index (χ0v) is 46.3. The lowest BCUT2D eigenvalue weighted by Gasteiger charge is -2.33. The SMILES string of the molecule is Cc1cc(N(c2c(C(C)C)ccc3ccc(C(C)C)cc23)c2cccc3c2oc2ccccc23)c2ccc3c(C)cc(N(c4c(C(C)C)ccc5ccc(C(C)C)cc45)c4cccc5c4oc4ccccc45)c4ccc1c2c34. The first-order valence-corrected chi connectivity index (χ1v) is 28.1. The minimum Gasteiger partial charge on any atom is -0.454 e. The number of para-hydroxylation sites is 4. The minimum absolute atomic E-state index is 0.221. The Hall–Kier alpha value is -8.60. The van der Waals surface area contributed by atoms with E-state index in [0.29, 0.717) is 11.8 Å². The fourth-order valence-electron chi connectivity index (χ4n) is 13.1. The van der Waals surface area contributed by atoms with Crippen molar-refractivity contribution in [3.8, 4) is 0 Å². The van der Waals surface area contributed by atoms with Gasteiger partial charge in [0.2, 0.25) is 0 Å². The van der Waals surface area contributed by atoms with Gasteiger partial charge in [0.25, 0.3) is 0 Å². The fraction of sp³-hybridized carbons (Fsp3) is 0.189. The van der Waals surface area contributed by atoms with Crippen LogP contribution in [0.3, 0.4) is 0 Å². The lowest BCUT2D eigenvalue weighted by atomic mass is 9.87. The molecule has 14 aromatic rings. The summed E-state index contributed by atoms with van der Waals surface area (Å²) in [7, 11) is 0. The number of anilines is 6. The van der Waals surface area contributed by atoms with Crippen molar-refractivity contribution in [1.82, 2.24) is 0 Å². The molecule has 0 atom stereocenters. The van der Waals surface area contributed by atoms with E-state index in [9.17, 15) is 0 Å². The lowest BCUT2D eigenvalue weighted by molar-refractivity contribution is 0.668. The molecule has 0 radical (unpaired) electrons. The number of rotatable bonds is 10. The van der Waals surface area contributed by atoms with E-state index in [4.69, 9.17) is 8.83 Å². The maximum absolute atomic E-state index is 7.05. The second-order valence-corrected chi connectivity index (χ2v) is 23.3. The van der Waals surface area contributed by atoms with Crippen LogP contribution in [0.1, 0.15) is 112 Å². The Morgan fingerprint density at radius 1 is 0.308 bits per heavy atom. The second-order valence-electron chi connectivity index (χ2n) is 23.3. The average Bonchev–Trinajstić information content (AvgIpc) is 4.04.